The summed E-state index contributed by atoms with van der Waals surface area (Å²) in [5.41, 5.74) is 4.49. The third kappa shape index (κ3) is 5.30. The molecule has 0 saturated carbocycles. The highest BCUT2D eigenvalue weighted by Crippen LogP contribution is 2.06. The van der Waals surface area contributed by atoms with E-state index in [9.17, 15) is 14.4 Å². The van der Waals surface area contributed by atoms with Crippen molar-refractivity contribution < 1.29 is 24.6 Å². The van der Waals surface area contributed by atoms with Crippen molar-refractivity contribution in [3.05, 3.63) is 0 Å². The number of nitrogens with one attached hydrogen (secondary N) is 1. The van der Waals surface area contributed by atoms with Crippen LogP contribution in [0.4, 0.5) is 0 Å². The van der Waals surface area contributed by atoms with Crippen LogP contribution < -0.4 is 11.1 Å². The summed E-state index contributed by atoms with van der Waals surface area (Å²) in [5, 5.41) is 19.5. The van der Waals surface area contributed by atoms with Crippen molar-refractivity contribution in [1.82, 2.24) is 5.32 Å². The van der Waals surface area contributed by atoms with E-state index in [1.165, 1.54) is 6.92 Å². The molecule has 0 heterocycles. The minimum atomic E-state index is -1.27. The lowest BCUT2D eigenvalue weighted by atomic mass is 9.98. The Hall–Kier alpha value is -1.63. The first-order valence-electron chi connectivity index (χ1n) is 5.25. The van der Waals surface area contributed by atoms with Gasteiger partial charge in [-0.2, -0.15) is 0 Å². The van der Waals surface area contributed by atoms with Crippen LogP contribution in [0.15, 0.2) is 0 Å². The number of aliphatic carboxylic acids is 2. The van der Waals surface area contributed by atoms with E-state index in [4.69, 9.17) is 15.9 Å². The molecule has 2 atom stereocenters. The second kappa shape index (κ2) is 6.19. The van der Waals surface area contributed by atoms with Gasteiger partial charge in [-0.15, -0.1) is 0 Å². The molecule has 98 valence electrons. The van der Waals surface area contributed by atoms with Crippen molar-refractivity contribution in [2.75, 3.05) is 0 Å². The second-order valence-corrected chi connectivity index (χ2v) is 4.07. The van der Waals surface area contributed by atoms with Gasteiger partial charge in [0.05, 0.1) is 5.54 Å². The summed E-state index contributed by atoms with van der Waals surface area (Å²) >= 11 is 0. The van der Waals surface area contributed by atoms with Crippen LogP contribution in [0.1, 0.15) is 33.1 Å². The van der Waals surface area contributed by atoms with Crippen molar-refractivity contribution in [2.24, 2.45) is 5.73 Å². The van der Waals surface area contributed by atoms with Crippen LogP contribution in [0.5, 0.6) is 0 Å². The van der Waals surface area contributed by atoms with Gasteiger partial charge in [-0.3, -0.25) is 9.59 Å². The number of nitrogens with two attached hydrogens (primary N) is 1. The van der Waals surface area contributed by atoms with E-state index in [1.807, 2.05) is 0 Å². The number of hydrogen-bond acceptors (Lipinski definition) is 4. The van der Waals surface area contributed by atoms with E-state index in [1.54, 1.807) is 6.92 Å². The first-order valence-corrected chi connectivity index (χ1v) is 5.25. The van der Waals surface area contributed by atoms with Crippen LogP contribution in [-0.2, 0) is 14.4 Å². The fourth-order valence-corrected chi connectivity index (χ4v) is 1.01. The molecule has 0 aliphatic heterocycles. The van der Waals surface area contributed by atoms with Crippen molar-refractivity contribution in [3.63, 3.8) is 0 Å². The highest BCUT2D eigenvalue weighted by atomic mass is 16.4. The van der Waals surface area contributed by atoms with E-state index in [2.05, 4.69) is 5.32 Å². The van der Waals surface area contributed by atoms with Gasteiger partial charge in [0.15, 0.2) is 0 Å². The molecule has 0 aromatic rings. The fraction of sp³-hybridized carbons (Fsp3) is 0.700. The summed E-state index contributed by atoms with van der Waals surface area (Å²) in [7, 11) is 0. The van der Waals surface area contributed by atoms with Gasteiger partial charge in [0, 0.05) is 6.42 Å². The fourth-order valence-electron chi connectivity index (χ4n) is 1.01. The Balaban J connectivity index is 4.50. The Kier molecular flexibility index (Phi) is 5.60. The van der Waals surface area contributed by atoms with Crippen molar-refractivity contribution in [1.29, 1.82) is 0 Å². The minimum absolute atomic E-state index is 0.170. The van der Waals surface area contributed by atoms with Crippen LogP contribution in [-0.4, -0.2) is 39.6 Å². The average molecular weight is 246 g/mol. The molecule has 0 spiro atoms. The monoisotopic (exact) mass is 246 g/mol. The van der Waals surface area contributed by atoms with Crippen molar-refractivity contribution in [2.45, 2.75) is 44.7 Å². The molecule has 0 saturated heterocycles. The molecule has 1 unspecified atom stereocenters. The van der Waals surface area contributed by atoms with Crippen molar-refractivity contribution in [3.8, 4) is 0 Å². The number of hydrogen-bond donors (Lipinski definition) is 4. The van der Waals surface area contributed by atoms with Gasteiger partial charge in [0.1, 0.15) is 6.04 Å². The Morgan fingerprint density at radius 1 is 1.35 bits per heavy atom. The maximum atomic E-state index is 11.6. The second-order valence-electron chi connectivity index (χ2n) is 4.07. The lowest BCUT2D eigenvalue weighted by Gasteiger charge is -2.24. The minimum Gasteiger partial charge on any atom is -0.481 e. The molecule has 0 aromatic carbocycles. The van der Waals surface area contributed by atoms with Crippen molar-refractivity contribution >= 4 is 17.8 Å². The molecular formula is C10H18N2O5. The highest BCUT2D eigenvalue weighted by molar-refractivity contribution is 5.89. The predicted molar refractivity (Wildman–Crippen MR) is 59.3 cm³/mol. The number of carboxylic acid groups (broad SMARTS) is 2. The Bertz CT molecular complexity index is 314. The molecule has 0 aliphatic carbocycles. The van der Waals surface area contributed by atoms with Crippen LogP contribution in [0.3, 0.4) is 0 Å². The SMILES string of the molecule is CCC(C)(N)C(=O)N[C@@H](CCC(=O)O)C(=O)O. The van der Waals surface area contributed by atoms with E-state index in [0.717, 1.165) is 0 Å². The largest absolute Gasteiger partial charge is 0.481 e. The number of carbonyl (C=O) groups excluding carboxylic acids is 1. The van der Waals surface area contributed by atoms with E-state index >= 15 is 0 Å². The summed E-state index contributed by atoms with van der Waals surface area (Å²) in [6, 6.07) is -1.23. The van der Waals surface area contributed by atoms with E-state index < -0.39 is 29.4 Å². The molecule has 0 aliphatic rings. The summed E-state index contributed by atoms with van der Waals surface area (Å²) in [6.45, 7) is 3.19. The van der Waals surface area contributed by atoms with Gasteiger partial charge in [-0.1, -0.05) is 6.92 Å². The maximum Gasteiger partial charge on any atom is 0.326 e. The molecule has 17 heavy (non-hydrogen) atoms. The van der Waals surface area contributed by atoms with Gasteiger partial charge < -0.3 is 21.3 Å². The lowest BCUT2D eigenvalue weighted by molar-refractivity contribution is -0.143. The highest BCUT2D eigenvalue weighted by Gasteiger charge is 2.30. The predicted octanol–water partition coefficient (Wildman–Crippen LogP) is -0.452. The normalized spacial score (nSPS) is 15.7. The maximum absolute atomic E-state index is 11.6. The molecule has 5 N–H and O–H groups in total. The molecule has 0 radical (unpaired) electrons. The molecule has 0 rings (SSSR count). The third-order valence-corrected chi connectivity index (χ3v) is 2.50. The summed E-state index contributed by atoms with van der Waals surface area (Å²) < 4.78 is 0. The first-order chi connectivity index (χ1) is 7.70. The lowest BCUT2D eigenvalue weighted by Crippen LogP contribution is -2.55. The Morgan fingerprint density at radius 3 is 2.24 bits per heavy atom. The third-order valence-electron chi connectivity index (χ3n) is 2.50. The zero-order valence-corrected chi connectivity index (χ0v) is 9.90. The number of rotatable bonds is 7. The van der Waals surface area contributed by atoms with E-state index in [-0.39, 0.29) is 12.8 Å². The van der Waals surface area contributed by atoms with E-state index in [0.29, 0.717) is 6.42 Å². The van der Waals surface area contributed by atoms with Gasteiger partial charge in [-0.05, 0) is 19.8 Å². The molecule has 0 aromatic heterocycles. The number of carbonyl (C=O) groups is 3. The van der Waals surface area contributed by atoms with Gasteiger partial charge in [-0.25, -0.2) is 4.79 Å². The molecule has 0 fully saturated rings. The molecule has 1 amide bonds. The zero-order valence-electron chi connectivity index (χ0n) is 9.90. The smallest absolute Gasteiger partial charge is 0.326 e. The van der Waals surface area contributed by atoms with Crippen LogP contribution in [0.2, 0.25) is 0 Å². The topological polar surface area (TPSA) is 130 Å². The van der Waals surface area contributed by atoms with Gasteiger partial charge >= 0.3 is 11.9 Å². The van der Waals surface area contributed by atoms with Crippen LogP contribution >= 0.6 is 0 Å². The first kappa shape index (κ1) is 15.4. The van der Waals surface area contributed by atoms with Gasteiger partial charge in [0.2, 0.25) is 5.91 Å². The van der Waals surface area contributed by atoms with Gasteiger partial charge in [0.25, 0.3) is 0 Å². The molecular weight excluding hydrogens is 228 g/mol. The standard InChI is InChI=1S/C10H18N2O5/c1-3-10(2,11)9(17)12-6(8(15)16)4-5-7(13)14/h6H,3-5,11H2,1-2H3,(H,12,17)(H,13,14)(H,15,16)/t6-,10?/m0/s1. The van der Waals surface area contributed by atoms with Crippen LogP contribution in [0.25, 0.3) is 0 Å². The Labute approximate surface area is 99.0 Å². The molecule has 0 bridgehead atoms. The number of amides is 1. The van der Waals surface area contributed by atoms with Crippen LogP contribution in [0, 0.1) is 0 Å². The quantitative estimate of drug-likeness (QED) is 0.481. The number of carboxylic acids is 2. The summed E-state index contributed by atoms with van der Waals surface area (Å²) in [5.74, 6) is -2.99. The average Bonchev–Trinajstić information content (AvgIpc) is 2.22. The molecule has 7 heteroatoms. The molecule has 7 nitrogen and oxygen atoms in total. The summed E-state index contributed by atoms with van der Waals surface area (Å²) in [4.78, 5) is 32.8. The summed E-state index contributed by atoms with van der Waals surface area (Å²) in [6.07, 6.45) is -0.148. The zero-order chi connectivity index (χ0) is 13.6. The Morgan fingerprint density at radius 2 is 1.88 bits per heavy atom.